The number of aryl methyl sites for hydroxylation is 2. The summed E-state index contributed by atoms with van der Waals surface area (Å²) >= 11 is 12.5. The summed E-state index contributed by atoms with van der Waals surface area (Å²) < 4.78 is 0. The number of rotatable bonds is 5. The molecule has 0 aromatic carbocycles. The van der Waals surface area contributed by atoms with Crippen molar-refractivity contribution < 1.29 is 9.90 Å². The lowest BCUT2D eigenvalue weighted by Crippen LogP contribution is -2.09. The summed E-state index contributed by atoms with van der Waals surface area (Å²) in [6.45, 7) is 3.57. The summed E-state index contributed by atoms with van der Waals surface area (Å²) in [5.41, 5.74) is 1.84. The van der Waals surface area contributed by atoms with E-state index in [1.165, 1.54) is 17.3 Å². The van der Waals surface area contributed by atoms with Gasteiger partial charge in [-0.2, -0.15) is 0 Å². The van der Waals surface area contributed by atoms with Crippen LogP contribution in [-0.2, 0) is 6.42 Å². The molecule has 0 spiro atoms. The molecule has 0 saturated carbocycles. The van der Waals surface area contributed by atoms with Crippen LogP contribution in [0, 0.1) is 6.92 Å². The third-order valence-corrected chi connectivity index (χ3v) is 3.90. The fourth-order valence-electron chi connectivity index (χ4n) is 1.28. The molecule has 0 radical (unpaired) electrons. The first-order valence-electron chi connectivity index (χ1n) is 5.18. The fraction of sp³-hybridized carbons (Fsp3) is 0.364. The van der Waals surface area contributed by atoms with Gasteiger partial charge in [0.1, 0.15) is 16.4 Å². The van der Waals surface area contributed by atoms with E-state index in [9.17, 15) is 4.79 Å². The Bertz CT molecular complexity index is 492. The quantitative estimate of drug-likeness (QED) is 0.667. The molecule has 1 N–H and O–H groups in total. The van der Waals surface area contributed by atoms with Crippen molar-refractivity contribution in [2.75, 3.05) is 5.75 Å². The number of aromatic carboxylic acids is 1. The van der Waals surface area contributed by atoms with Gasteiger partial charge in [0.15, 0.2) is 0 Å². The van der Waals surface area contributed by atoms with Gasteiger partial charge in [-0.25, -0.2) is 14.8 Å². The van der Waals surface area contributed by atoms with Gasteiger partial charge in [0.05, 0.1) is 5.69 Å². The lowest BCUT2D eigenvalue weighted by molar-refractivity contribution is 0.0690. The van der Waals surface area contributed by atoms with E-state index in [-0.39, 0.29) is 5.56 Å². The fourth-order valence-corrected chi connectivity index (χ4v) is 2.52. The predicted octanol–water partition coefficient (Wildman–Crippen LogP) is 3.46. The monoisotopic (exact) mass is 306 g/mol. The lowest BCUT2D eigenvalue weighted by atomic mass is 10.2. The van der Waals surface area contributed by atoms with Crippen LogP contribution >= 0.6 is 35.0 Å². The predicted molar refractivity (Wildman–Crippen MR) is 73.6 cm³/mol. The van der Waals surface area contributed by atoms with Gasteiger partial charge in [0.25, 0.3) is 0 Å². The lowest BCUT2D eigenvalue weighted by Gasteiger charge is -2.09. The van der Waals surface area contributed by atoms with Crippen molar-refractivity contribution in [3.63, 3.8) is 0 Å². The zero-order valence-electron chi connectivity index (χ0n) is 9.91. The summed E-state index contributed by atoms with van der Waals surface area (Å²) in [4.78, 5) is 19.6. The van der Waals surface area contributed by atoms with E-state index in [2.05, 4.69) is 9.97 Å². The Morgan fingerprint density at radius 1 is 1.50 bits per heavy atom. The molecule has 1 heterocycles. The number of carbonyl (C=O) groups is 1. The first kappa shape index (κ1) is 15.3. The Hall–Kier alpha value is -0.780. The third kappa shape index (κ3) is 3.86. The molecular formula is C11H12Cl2N2O2S. The largest absolute Gasteiger partial charge is 0.478 e. The molecular weight excluding hydrogens is 295 g/mol. The molecule has 0 aliphatic heterocycles. The zero-order valence-corrected chi connectivity index (χ0v) is 12.2. The van der Waals surface area contributed by atoms with E-state index in [4.69, 9.17) is 28.3 Å². The molecule has 0 aliphatic rings. The number of carboxylic acids is 1. The van der Waals surface area contributed by atoms with E-state index in [0.29, 0.717) is 33.8 Å². The summed E-state index contributed by atoms with van der Waals surface area (Å²) in [5, 5.41) is 10.0. The maximum Gasteiger partial charge on any atom is 0.340 e. The standard InChI is InChI=1S/C11H12Cl2N2O2S/c1-3-8-14-6(2)9(11(16)17)10(15-8)18-5-7(13)4-12/h4H,3,5H2,1-2H3,(H,16,17). The van der Waals surface area contributed by atoms with Crippen molar-refractivity contribution in [3.8, 4) is 0 Å². The topological polar surface area (TPSA) is 63.1 Å². The second-order valence-electron chi connectivity index (χ2n) is 3.41. The summed E-state index contributed by atoms with van der Waals surface area (Å²) in [6.07, 6.45) is 0.646. The average Bonchev–Trinajstić information content (AvgIpc) is 2.34. The molecule has 0 unspecified atom stereocenters. The average molecular weight is 307 g/mol. The van der Waals surface area contributed by atoms with Crippen LogP contribution in [0.15, 0.2) is 15.6 Å². The second-order valence-corrected chi connectivity index (χ2v) is 5.08. The minimum absolute atomic E-state index is 0.122. The molecule has 1 aromatic rings. The van der Waals surface area contributed by atoms with E-state index < -0.39 is 5.97 Å². The molecule has 0 atom stereocenters. The Balaban J connectivity index is 3.13. The third-order valence-electron chi connectivity index (χ3n) is 2.10. The first-order valence-corrected chi connectivity index (χ1v) is 6.98. The van der Waals surface area contributed by atoms with Gasteiger partial charge in [0.2, 0.25) is 0 Å². The SMILES string of the molecule is CCc1nc(C)c(C(=O)O)c(SCC(Cl)=CCl)n1. The molecule has 18 heavy (non-hydrogen) atoms. The number of hydrogen-bond donors (Lipinski definition) is 1. The van der Waals surface area contributed by atoms with Gasteiger partial charge >= 0.3 is 5.97 Å². The summed E-state index contributed by atoms with van der Waals surface area (Å²) in [6, 6.07) is 0. The number of aromatic nitrogens is 2. The van der Waals surface area contributed by atoms with Crippen LogP contribution in [0.25, 0.3) is 0 Å². The highest BCUT2D eigenvalue weighted by atomic mass is 35.5. The van der Waals surface area contributed by atoms with Crippen molar-refractivity contribution >= 4 is 40.9 Å². The minimum Gasteiger partial charge on any atom is -0.478 e. The van der Waals surface area contributed by atoms with Crippen molar-refractivity contribution in [3.05, 3.63) is 27.6 Å². The molecule has 1 aromatic heterocycles. The normalized spacial score (nSPS) is 11.7. The number of nitrogens with zero attached hydrogens (tertiary/aromatic N) is 2. The molecule has 0 fully saturated rings. The Morgan fingerprint density at radius 2 is 2.17 bits per heavy atom. The van der Waals surface area contributed by atoms with E-state index in [1.54, 1.807) is 6.92 Å². The Morgan fingerprint density at radius 3 is 2.67 bits per heavy atom. The maximum atomic E-state index is 11.2. The van der Waals surface area contributed by atoms with Crippen molar-refractivity contribution in [1.82, 2.24) is 9.97 Å². The van der Waals surface area contributed by atoms with Gasteiger partial charge in [-0.05, 0) is 6.92 Å². The van der Waals surface area contributed by atoms with Gasteiger partial charge < -0.3 is 5.11 Å². The molecule has 4 nitrogen and oxygen atoms in total. The number of thioether (sulfide) groups is 1. The van der Waals surface area contributed by atoms with Crippen LogP contribution in [0.1, 0.15) is 28.8 Å². The maximum absolute atomic E-state index is 11.2. The number of halogens is 2. The van der Waals surface area contributed by atoms with Crippen LogP contribution in [0.4, 0.5) is 0 Å². The van der Waals surface area contributed by atoms with Crippen LogP contribution in [0.3, 0.4) is 0 Å². The van der Waals surface area contributed by atoms with Crippen LogP contribution in [0.2, 0.25) is 0 Å². The van der Waals surface area contributed by atoms with Crippen molar-refractivity contribution in [2.45, 2.75) is 25.3 Å². The Kier molecular flexibility index (Phi) is 5.91. The van der Waals surface area contributed by atoms with Crippen LogP contribution in [0.5, 0.6) is 0 Å². The molecule has 98 valence electrons. The Labute approximate surface area is 119 Å². The molecule has 0 bridgehead atoms. The first-order chi connectivity index (χ1) is 8.49. The molecule has 0 amide bonds. The van der Waals surface area contributed by atoms with Gasteiger partial charge in [-0.15, -0.1) is 0 Å². The van der Waals surface area contributed by atoms with Gasteiger partial charge in [-0.3, -0.25) is 0 Å². The van der Waals surface area contributed by atoms with Crippen LogP contribution in [-0.4, -0.2) is 26.8 Å². The molecule has 7 heteroatoms. The second kappa shape index (κ2) is 6.97. The summed E-state index contributed by atoms with van der Waals surface area (Å²) in [7, 11) is 0. The highest BCUT2D eigenvalue weighted by molar-refractivity contribution is 7.99. The number of hydrogen-bond acceptors (Lipinski definition) is 4. The van der Waals surface area contributed by atoms with Crippen molar-refractivity contribution in [2.24, 2.45) is 0 Å². The van der Waals surface area contributed by atoms with Gasteiger partial charge in [-0.1, -0.05) is 41.9 Å². The highest BCUT2D eigenvalue weighted by Gasteiger charge is 2.18. The van der Waals surface area contributed by atoms with Crippen molar-refractivity contribution in [1.29, 1.82) is 0 Å². The zero-order chi connectivity index (χ0) is 13.7. The summed E-state index contributed by atoms with van der Waals surface area (Å²) in [5.74, 6) is -0.0418. The van der Waals surface area contributed by atoms with E-state index >= 15 is 0 Å². The molecule has 0 saturated heterocycles. The highest BCUT2D eigenvalue weighted by Crippen LogP contribution is 2.26. The van der Waals surface area contributed by atoms with Gasteiger partial charge in [0, 0.05) is 22.7 Å². The van der Waals surface area contributed by atoms with Crippen LogP contribution < -0.4 is 0 Å². The minimum atomic E-state index is -1.04. The van der Waals surface area contributed by atoms with E-state index in [0.717, 1.165) is 0 Å². The van der Waals surface area contributed by atoms with E-state index in [1.807, 2.05) is 6.92 Å². The number of carboxylic acid groups (broad SMARTS) is 1. The molecule has 1 rings (SSSR count). The molecule has 0 aliphatic carbocycles. The smallest absolute Gasteiger partial charge is 0.340 e.